The van der Waals surface area contributed by atoms with Crippen LogP contribution >= 0.6 is 0 Å². The average molecular weight is 453 g/mol. The Kier molecular flexibility index (Phi) is 7.39. The van der Waals surface area contributed by atoms with Gasteiger partial charge in [-0.3, -0.25) is 4.79 Å². The fourth-order valence-corrected chi connectivity index (χ4v) is 4.13. The van der Waals surface area contributed by atoms with Gasteiger partial charge in [-0.15, -0.1) is 0 Å². The maximum absolute atomic E-state index is 12.3. The molecule has 1 saturated heterocycles. The first-order chi connectivity index (χ1) is 16.1. The second-order valence-corrected chi connectivity index (χ2v) is 8.27. The molecule has 1 aromatic heterocycles. The van der Waals surface area contributed by atoms with Gasteiger partial charge in [0.2, 0.25) is 5.91 Å². The van der Waals surface area contributed by atoms with Gasteiger partial charge in [0.25, 0.3) is 0 Å². The molecule has 0 radical (unpaired) electrons. The van der Waals surface area contributed by atoms with Crippen LogP contribution in [-0.4, -0.2) is 66.2 Å². The maximum atomic E-state index is 12.3. The maximum Gasteiger partial charge on any atom is 0.319 e. The fraction of sp³-hybridized carbons (Fsp3) is 0.500. The molecule has 0 unspecified atom stereocenters. The van der Waals surface area contributed by atoms with Gasteiger partial charge in [0, 0.05) is 49.4 Å². The van der Waals surface area contributed by atoms with Gasteiger partial charge in [0.05, 0.1) is 25.5 Å². The average Bonchev–Trinajstić information content (AvgIpc) is 2.87. The minimum atomic E-state index is -0.218. The van der Waals surface area contributed by atoms with Crippen molar-refractivity contribution < 1.29 is 14.3 Å². The molecule has 2 aromatic rings. The van der Waals surface area contributed by atoms with Crippen LogP contribution in [0.3, 0.4) is 0 Å². The molecular weight excluding hydrogens is 420 g/mol. The van der Waals surface area contributed by atoms with Crippen molar-refractivity contribution in [2.45, 2.75) is 39.7 Å². The van der Waals surface area contributed by atoms with Crippen molar-refractivity contribution in [3.05, 3.63) is 35.5 Å². The molecule has 176 valence electrons. The van der Waals surface area contributed by atoms with Crippen molar-refractivity contribution in [3.8, 4) is 11.4 Å². The van der Waals surface area contributed by atoms with Crippen LogP contribution in [0, 0.1) is 0 Å². The van der Waals surface area contributed by atoms with E-state index >= 15 is 0 Å². The zero-order chi connectivity index (χ0) is 23.2. The smallest absolute Gasteiger partial charge is 0.319 e. The summed E-state index contributed by atoms with van der Waals surface area (Å²) in [5.41, 5.74) is 3.62. The summed E-state index contributed by atoms with van der Waals surface area (Å²) in [4.78, 5) is 38.2. The molecule has 1 aromatic carbocycles. The molecule has 9 heteroatoms. The molecule has 2 aliphatic heterocycles. The van der Waals surface area contributed by atoms with Crippen LogP contribution in [0.2, 0.25) is 0 Å². The molecule has 0 saturated carbocycles. The highest BCUT2D eigenvalue weighted by Gasteiger charge is 2.27. The number of urea groups is 1. The van der Waals surface area contributed by atoms with Crippen molar-refractivity contribution in [3.63, 3.8) is 0 Å². The number of hydrogen-bond donors (Lipinski definition) is 2. The molecule has 0 aliphatic carbocycles. The largest absolute Gasteiger partial charge is 0.378 e. The second-order valence-electron chi connectivity index (χ2n) is 8.27. The lowest BCUT2D eigenvalue weighted by molar-refractivity contribution is -0.131. The highest BCUT2D eigenvalue weighted by molar-refractivity contribution is 5.89. The number of amides is 3. The zero-order valence-corrected chi connectivity index (χ0v) is 19.4. The van der Waals surface area contributed by atoms with E-state index in [9.17, 15) is 9.59 Å². The third-order valence-electron chi connectivity index (χ3n) is 5.95. The summed E-state index contributed by atoms with van der Waals surface area (Å²) >= 11 is 0. The number of morpholine rings is 1. The van der Waals surface area contributed by atoms with Crippen LogP contribution in [-0.2, 0) is 22.5 Å². The number of benzene rings is 1. The molecule has 2 N–H and O–H groups in total. The van der Waals surface area contributed by atoms with Gasteiger partial charge in [-0.05, 0) is 37.1 Å². The Morgan fingerprint density at radius 3 is 2.52 bits per heavy atom. The topological polar surface area (TPSA) is 99.7 Å². The number of carbonyl (C=O) groups excluding carboxylic acids is 2. The summed E-state index contributed by atoms with van der Waals surface area (Å²) in [6.45, 7) is 8.66. The van der Waals surface area contributed by atoms with Crippen LogP contribution < -0.4 is 15.5 Å². The van der Waals surface area contributed by atoms with Gasteiger partial charge in [0.1, 0.15) is 5.82 Å². The van der Waals surface area contributed by atoms with E-state index in [4.69, 9.17) is 14.7 Å². The third-order valence-corrected chi connectivity index (χ3v) is 5.95. The van der Waals surface area contributed by atoms with E-state index in [1.807, 2.05) is 43.0 Å². The quantitative estimate of drug-likeness (QED) is 0.699. The van der Waals surface area contributed by atoms with E-state index < -0.39 is 0 Å². The lowest BCUT2D eigenvalue weighted by Crippen LogP contribution is -2.40. The van der Waals surface area contributed by atoms with Gasteiger partial charge >= 0.3 is 6.03 Å². The van der Waals surface area contributed by atoms with Gasteiger partial charge < -0.3 is 25.2 Å². The van der Waals surface area contributed by atoms with Gasteiger partial charge in [0.15, 0.2) is 5.82 Å². The van der Waals surface area contributed by atoms with Crippen molar-refractivity contribution in [2.75, 3.05) is 49.6 Å². The zero-order valence-electron chi connectivity index (χ0n) is 19.4. The standard InChI is InChI=1S/C24H32N6O3/c1-3-10-25-24(32)26-18-7-5-17(6-8-18)22-27-20-16-30(21(31)4-2)11-9-19(20)23(28-22)29-12-14-33-15-13-29/h5-8H,3-4,9-16H2,1-2H3,(H2,25,26,32). The molecule has 0 atom stereocenters. The van der Waals surface area contributed by atoms with Crippen molar-refractivity contribution >= 4 is 23.4 Å². The summed E-state index contributed by atoms with van der Waals surface area (Å²) in [5, 5.41) is 5.64. The Balaban J connectivity index is 1.62. The number of hydrogen-bond acceptors (Lipinski definition) is 6. The number of nitrogens with zero attached hydrogens (tertiary/aromatic N) is 4. The summed E-state index contributed by atoms with van der Waals surface area (Å²) in [5.74, 6) is 1.72. The Labute approximate surface area is 194 Å². The number of carbonyl (C=O) groups is 2. The molecule has 1 fully saturated rings. The highest BCUT2D eigenvalue weighted by atomic mass is 16.5. The van der Waals surface area contributed by atoms with E-state index in [1.54, 1.807) is 0 Å². The lowest BCUT2D eigenvalue weighted by Gasteiger charge is -2.34. The fourth-order valence-electron chi connectivity index (χ4n) is 4.13. The summed E-state index contributed by atoms with van der Waals surface area (Å²) in [7, 11) is 0. The van der Waals surface area contributed by atoms with Crippen molar-refractivity contribution in [1.82, 2.24) is 20.2 Å². The number of rotatable bonds is 6. The predicted molar refractivity (Wildman–Crippen MR) is 127 cm³/mol. The van der Waals surface area contributed by atoms with Crippen LogP contribution in [0.1, 0.15) is 37.9 Å². The molecule has 3 amide bonds. The van der Waals surface area contributed by atoms with Crippen LogP contribution in [0.15, 0.2) is 24.3 Å². The number of anilines is 2. The Hall–Kier alpha value is -3.20. The minimum absolute atomic E-state index is 0.144. The van der Waals surface area contributed by atoms with Crippen LogP contribution in [0.5, 0.6) is 0 Å². The van der Waals surface area contributed by atoms with Gasteiger partial charge in [-0.1, -0.05) is 13.8 Å². The number of ether oxygens (including phenoxy) is 1. The van der Waals surface area contributed by atoms with E-state index in [0.717, 1.165) is 48.6 Å². The lowest BCUT2D eigenvalue weighted by atomic mass is 10.0. The van der Waals surface area contributed by atoms with E-state index in [1.165, 1.54) is 0 Å². The number of aromatic nitrogens is 2. The highest BCUT2D eigenvalue weighted by Crippen LogP contribution is 2.30. The van der Waals surface area contributed by atoms with Gasteiger partial charge in [-0.25, -0.2) is 14.8 Å². The number of fused-ring (bicyclic) bond motifs is 1. The summed E-state index contributed by atoms with van der Waals surface area (Å²) in [6, 6.07) is 7.32. The predicted octanol–water partition coefficient (Wildman–Crippen LogP) is 2.81. The second kappa shape index (κ2) is 10.6. The molecule has 3 heterocycles. The monoisotopic (exact) mass is 452 g/mol. The first kappa shape index (κ1) is 23.0. The van der Waals surface area contributed by atoms with Crippen molar-refractivity contribution in [2.24, 2.45) is 0 Å². The van der Waals surface area contributed by atoms with Crippen molar-refractivity contribution in [1.29, 1.82) is 0 Å². The summed E-state index contributed by atoms with van der Waals surface area (Å²) in [6.07, 6.45) is 2.13. The molecule has 33 heavy (non-hydrogen) atoms. The van der Waals surface area contributed by atoms with Crippen LogP contribution in [0.4, 0.5) is 16.3 Å². The SMILES string of the molecule is CCCNC(=O)Nc1ccc(-c2nc3c(c(N4CCOCC4)n2)CCN(C(=O)CC)C3)cc1. The summed E-state index contributed by atoms with van der Waals surface area (Å²) < 4.78 is 5.53. The van der Waals surface area contributed by atoms with Crippen LogP contribution in [0.25, 0.3) is 11.4 Å². The first-order valence-electron chi connectivity index (χ1n) is 11.7. The third kappa shape index (κ3) is 5.42. The molecule has 0 bridgehead atoms. The molecule has 0 spiro atoms. The van der Waals surface area contributed by atoms with E-state index in [0.29, 0.717) is 50.8 Å². The van der Waals surface area contributed by atoms with Gasteiger partial charge in [-0.2, -0.15) is 0 Å². The Morgan fingerprint density at radius 2 is 1.82 bits per heavy atom. The van der Waals surface area contributed by atoms with E-state index in [-0.39, 0.29) is 11.9 Å². The molecule has 4 rings (SSSR count). The van der Waals surface area contributed by atoms with E-state index in [2.05, 4.69) is 15.5 Å². The number of nitrogens with one attached hydrogen (secondary N) is 2. The molecular formula is C24H32N6O3. The first-order valence-corrected chi connectivity index (χ1v) is 11.7. The normalized spacial score (nSPS) is 15.7. The molecule has 2 aliphatic rings. The minimum Gasteiger partial charge on any atom is -0.378 e. The molecule has 9 nitrogen and oxygen atoms in total. The Bertz CT molecular complexity index is 988. The Morgan fingerprint density at radius 1 is 1.06 bits per heavy atom.